The summed E-state index contributed by atoms with van der Waals surface area (Å²) in [5.41, 5.74) is 1.32. The van der Waals surface area contributed by atoms with Crippen LogP contribution >= 0.6 is 27.9 Å². The fourth-order valence-electron chi connectivity index (χ4n) is 0.534. The third kappa shape index (κ3) is 10.8. The Morgan fingerprint density at radius 1 is 1.00 bits per heavy atom. The summed E-state index contributed by atoms with van der Waals surface area (Å²) in [6, 6.07) is 10.3. The van der Waals surface area contributed by atoms with Gasteiger partial charge < -0.3 is 0 Å². The summed E-state index contributed by atoms with van der Waals surface area (Å²) < 4.78 is 0. The van der Waals surface area contributed by atoms with E-state index in [1.165, 1.54) is 5.56 Å². The zero-order chi connectivity index (χ0) is 8.69. The van der Waals surface area contributed by atoms with Crippen molar-refractivity contribution in [1.82, 2.24) is 0 Å². The normalized spacial score (nSPS) is 8.00. The molecule has 0 aliphatic heterocycles. The van der Waals surface area contributed by atoms with Crippen molar-refractivity contribution in [1.29, 1.82) is 0 Å². The van der Waals surface area contributed by atoms with E-state index >= 15 is 0 Å². The average Bonchev–Trinajstić information content (AvgIpc) is 1.87. The van der Waals surface area contributed by atoms with E-state index in [1.54, 1.807) is 0 Å². The van der Waals surface area contributed by atoms with Gasteiger partial charge in [0.25, 0.3) is 0 Å². The predicted octanol–water partition coefficient (Wildman–Crippen LogP) is 4.06. The van der Waals surface area contributed by atoms with Crippen molar-refractivity contribution in [3.05, 3.63) is 35.9 Å². The molecule has 1 aromatic rings. The first-order chi connectivity index (χ1) is 5.13. The molecule has 0 spiro atoms. The number of aryl methyl sites for hydroxylation is 1. The first-order valence-electron chi connectivity index (χ1n) is 2.98. The minimum absolute atomic E-state index is 1.32. The molecule has 0 amide bonds. The van der Waals surface area contributed by atoms with Crippen molar-refractivity contribution in [3.8, 4) is 0 Å². The molecule has 0 radical (unpaired) electrons. The molecule has 0 heterocycles. The average molecular weight is 246 g/mol. The van der Waals surface area contributed by atoms with Crippen molar-refractivity contribution >= 4 is 27.9 Å². The summed E-state index contributed by atoms with van der Waals surface area (Å²) in [6.45, 7) is 2.08. The van der Waals surface area contributed by atoms with Crippen LogP contribution in [0, 0.1) is 6.92 Å². The quantitative estimate of drug-likeness (QED) is 0.606. The van der Waals surface area contributed by atoms with E-state index in [1.807, 2.05) is 18.2 Å². The molecule has 0 atom stereocenters. The van der Waals surface area contributed by atoms with Crippen molar-refractivity contribution in [2.45, 2.75) is 6.92 Å². The third-order valence-electron chi connectivity index (χ3n) is 0.940. The molecule has 61 valence electrons. The Labute approximate surface area is 84.9 Å². The molecule has 0 aliphatic carbocycles. The van der Waals surface area contributed by atoms with E-state index in [0.717, 1.165) is 0 Å². The van der Waals surface area contributed by atoms with Crippen molar-refractivity contribution in [2.24, 2.45) is 0 Å². The van der Waals surface area contributed by atoms with Gasteiger partial charge in [-0.2, -0.15) is 0 Å². The second-order valence-electron chi connectivity index (χ2n) is 1.87. The van der Waals surface area contributed by atoms with Gasteiger partial charge in [0.2, 0.25) is 0 Å². The van der Waals surface area contributed by atoms with Crippen LogP contribution in [0.4, 0.5) is 0 Å². The Morgan fingerprint density at radius 2 is 1.36 bits per heavy atom. The second-order valence-corrected chi connectivity index (χ2v) is 9.61. The van der Waals surface area contributed by atoms with Crippen LogP contribution in [0.5, 0.6) is 0 Å². The number of rotatable bonds is 0. The summed E-state index contributed by atoms with van der Waals surface area (Å²) >= 11 is -1.92. The van der Waals surface area contributed by atoms with Crippen LogP contribution in [0.25, 0.3) is 0 Å². The zero-order valence-electron chi connectivity index (χ0n) is 6.02. The Morgan fingerprint density at radius 3 is 1.55 bits per heavy atom. The number of hydrogen-bond donors (Lipinski definition) is 0. The Balaban J connectivity index is 0.000000218. The molecule has 0 nitrogen and oxygen atoms in total. The molecule has 0 saturated carbocycles. The predicted molar refractivity (Wildman–Crippen MR) is 48.7 cm³/mol. The van der Waals surface area contributed by atoms with Crippen LogP contribution in [0.1, 0.15) is 5.56 Å². The monoisotopic (exact) mass is 245 g/mol. The molecule has 11 heavy (non-hydrogen) atoms. The van der Waals surface area contributed by atoms with E-state index in [9.17, 15) is 0 Å². The van der Waals surface area contributed by atoms with Crippen LogP contribution in [0.3, 0.4) is 0 Å². The molecule has 0 aliphatic rings. The zero-order valence-corrected chi connectivity index (χ0v) is 9.85. The van der Waals surface area contributed by atoms with E-state index in [0.29, 0.717) is 0 Å². The van der Waals surface area contributed by atoms with Gasteiger partial charge in [0.1, 0.15) is 0 Å². The van der Waals surface area contributed by atoms with Gasteiger partial charge in [0, 0.05) is 0 Å². The molecule has 1 rings (SSSR count). The maximum absolute atomic E-state index is 4.97. The minimum atomic E-state index is -1.92. The number of hydrogen-bond acceptors (Lipinski definition) is 0. The maximum atomic E-state index is 4.97. The number of benzene rings is 1. The third-order valence-corrected chi connectivity index (χ3v) is 0.940. The molecule has 0 saturated heterocycles. The summed E-state index contributed by atoms with van der Waals surface area (Å²) in [7, 11) is 14.9. The fraction of sp³-hybridized carbons (Fsp3) is 0.143. The van der Waals surface area contributed by atoms with Gasteiger partial charge in [-0.1, -0.05) is 35.9 Å². The molecule has 0 bridgehead atoms. The first kappa shape index (κ1) is 11.8. The summed E-state index contributed by atoms with van der Waals surface area (Å²) in [6.07, 6.45) is 0. The molecule has 4 heteroatoms. The van der Waals surface area contributed by atoms with Crippen molar-refractivity contribution in [3.63, 3.8) is 0 Å². The van der Waals surface area contributed by atoms with Crippen LogP contribution in [0.2, 0.25) is 0 Å². The van der Waals surface area contributed by atoms with Gasteiger partial charge in [0.05, 0.1) is 0 Å². The molecule has 0 fully saturated rings. The van der Waals surface area contributed by atoms with Gasteiger partial charge in [-0.3, -0.25) is 0 Å². The Bertz CT molecular complexity index is 174. The van der Waals surface area contributed by atoms with E-state index < -0.39 is 14.7 Å². The van der Waals surface area contributed by atoms with Crippen LogP contribution in [0.15, 0.2) is 30.3 Å². The van der Waals surface area contributed by atoms with E-state index in [2.05, 4.69) is 19.1 Å². The standard InChI is InChI=1S/C7H8.3ClH.Ti/c1-7-5-3-2-4-6-7;;;;/h2-6H,1H3;3*1H;/q;;;;+3/p-3. The molecule has 0 aromatic heterocycles. The van der Waals surface area contributed by atoms with Crippen LogP contribution < -0.4 is 0 Å². The summed E-state index contributed by atoms with van der Waals surface area (Å²) in [5.74, 6) is 0. The van der Waals surface area contributed by atoms with E-state index in [4.69, 9.17) is 27.9 Å². The van der Waals surface area contributed by atoms with Gasteiger partial charge in [-0.25, -0.2) is 0 Å². The SMILES string of the molecule is Cc1ccccc1.[Cl][Ti]([Cl])[Cl]. The molecular formula is C7H8Cl3Ti. The topological polar surface area (TPSA) is 0 Å². The van der Waals surface area contributed by atoms with Crippen molar-refractivity contribution < 1.29 is 14.7 Å². The van der Waals surface area contributed by atoms with Crippen LogP contribution in [-0.2, 0) is 14.7 Å². The second kappa shape index (κ2) is 7.45. The Hall–Kier alpha value is 0.804. The summed E-state index contributed by atoms with van der Waals surface area (Å²) in [4.78, 5) is 0. The van der Waals surface area contributed by atoms with E-state index in [-0.39, 0.29) is 0 Å². The summed E-state index contributed by atoms with van der Waals surface area (Å²) in [5, 5.41) is 0. The first-order valence-corrected chi connectivity index (χ1v) is 9.42. The van der Waals surface area contributed by atoms with Gasteiger partial charge >= 0.3 is 42.6 Å². The van der Waals surface area contributed by atoms with Crippen LogP contribution in [-0.4, -0.2) is 0 Å². The fourth-order valence-corrected chi connectivity index (χ4v) is 0.534. The molecular weight excluding hydrogens is 238 g/mol. The van der Waals surface area contributed by atoms with Gasteiger partial charge in [-0.15, -0.1) is 0 Å². The number of halogens is 3. The Kier molecular flexibility index (Phi) is 8.00. The molecule has 0 unspecified atom stereocenters. The van der Waals surface area contributed by atoms with Gasteiger partial charge in [-0.05, 0) is 6.92 Å². The molecule has 1 aromatic carbocycles. The van der Waals surface area contributed by atoms with Gasteiger partial charge in [0.15, 0.2) is 0 Å². The molecule has 0 N–H and O–H groups in total. The van der Waals surface area contributed by atoms with Crippen molar-refractivity contribution in [2.75, 3.05) is 0 Å².